The van der Waals surface area contributed by atoms with Crippen molar-refractivity contribution in [3.05, 3.63) is 59.2 Å². The van der Waals surface area contributed by atoms with Gasteiger partial charge in [-0.05, 0) is 50.1 Å². The number of carbonyl (C=O) groups excluding carboxylic acids is 3. The summed E-state index contributed by atoms with van der Waals surface area (Å²) in [7, 11) is 0. The molecule has 7 heteroatoms. The number of urea groups is 1. The monoisotopic (exact) mass is 381 g/mol. The van der Waals surface area contributed by atoms with Crippen LogP contribution in [0.15, 0.2) is 42.5 Å². The number of imide groups is 1. The summed E-state index contributed by atoms with van der Waals surface area (Å²) in [6, 6.07) is 12.4. The maximum atomic E-state index is 12.7. The molecule has 2 aromatic rings. The van der Waals surface area contributed by atoms with Crippen LogP contribution in [0.4, 0.5) is 16.2 Å². The Bertz CT molecular complexity index is 926. The van der Waals surface area contributed by atoms with Gasteiger partial charge >= 0.3 is 12.0 Å². The third kappa shape index (κ3) is 3.98. The predicted molar refractivity (Wildman–Crippen MR) is 106 cm³/mol. The smallest absolute Gasteiger partial charge is 0.341 e. The van der Waals surface area contributed by atoms with Gasteiger partial charge < -0.3 is 15.4 Å². The molecule has 28 heavy (non-hydrogen) atoms. The van der Waals surface area contributed by atoms with Crippen LogP contribution in [0.2, 0.25) is 0 Å². The van der Waals surface area contributed by atoms with Crippen LogP contribution in [-0.4, -0.2) is 42.0 Å². The van der Waals surface area contributed by atoms with Crippen molar-refractivity contribution in [3.63, 3.8) is 0 Å². The standard InChI is InChI=1S/C21H23N3O4/c1-13-7-6-10-17(14(13)2)23-18-9-5-4-8-16(18)20(26)28-15(3)19(25)24-12-11-22-21(24)27/h4-10,15,23H,11-12H2,1-3H3,(H,22,27). The molecule has 7 nitrogen and oxygen atoms in total. The number of esters is 1. The number of ether oxygens (including phenoxy) is 1. The van der Waals surface area contributed by atoms with Crippen LogP contribution in [0.5, 0.6) is 0 Å². The highest BCUT2D eigenvalue weighted by atomic mass is 16.5. The molecule has 0 saturated carbocycles. The van der Waals surface area contributed by atoms with E-state index in [9.17, 15) is 14.4 Å². The zero-order chi connectivity index (χ0) is 20.3. The van der Waals surface area contributed by atoms with Gasteiger partial charge in [-0.15, -0.1) is 0 Å². The second-order valence-electron chi connectivity index (χ2n) is 6.69. The topological polar surface area (TPSA) is 87.7 Å². The van der Waals surface area contributed by atoms with Crippen LogP contribution < -0.4 is 10.6 Å². The molecule has 0 radical (unpaired) electrons. The quantitative estimate of drug-likeness (QED) is 0.777. The van der Waals surface area contributed by atoms with Gasteiger partial charge in [0.05, 0.1) is 11.3 Å². The molecule has 3 rings (SSSR count). The van der Waals surface area contributed by atoms with Crippen molar-refractivity contribution in [1.82, 2.24) is 10.2 Å². The Morgan fingerprint density at radius 1 is 1.11 bits per heavy atom. The Kier molecular flexibility index (Phi) is 5.63. The number of nitrogens with one attached hydrogen (secondary N) is 2. The number of anilines is 2. The van der Waals surface area contributed by atoms with E-state index >= 15 is 0 Å². The first kappa shape index (κ1) is 19.4. The highest BCUT2D eigenvalue weighted by Gasteiger charge is 2.32. The Morgan fingerprint density at radius 3 is 2.54 bits per heavy atom. The number of rotatable bonds is 5. The summed E-state index contributed by atoms with van der Waals surface area (Å²) in [5, 5.41) is 5.82. The van der Waals surface area contributed by atoms with Gasteiger partial charge in [-0.1, -0.05) is 24.3 Å². The van der Waals surface area contributed by atoms with Crippen molar-refractivity contribution < 1.29 is 19.1 Å². The Labute approximate surface area is 163 Å². The summed E-state index contributed by atoms with van der Waals surface area (Å²) >= 11 is 0. The molecule has 1 atom stereocenters. The Hall–Kier alpha value is -3.35. The minimum Gasteiger partial charge on any atom is -0.449 e. The van der Waals surface area contributed by atoms with E-state index in [0.717, 1.165) is 21.7 Å². The summed E-state index contributed by atoms with van der Waals surface area (Å²) in [4.78, 5) is 37.7. The van der Waals surface area contributed by atoms with E-state index in [-0.39, 0.29) is 6.54 Å². The second kappa shape index (κ2) is 8.12. The van der Waals surface area contributed by atoms with Gasteiger partial charge in [-0.2, -0.15) is 0 Å². The molecule has 0 aromatic heterocycles. The lowest BCUT2D eigenvalue weighted by Crippen LogP contribution is -2.41. The average molecular weight is 381 g/mol. The SMILES string of the molecule is Cc1cccc(Nc2ccccc2C(=O)OC(C)C(=O)N2CCNC2=O)c1C. The van der Waals surface area contributed by atoms with Gasteiger partial charge in [0.25, 0.3) is 5.91 Å². The fraction of sp³-hybridized carbons (Fsp3) is 0.286. The van der Waals surface area contributed by atoms with Crippen LogP contribution in [-0.2, 0) is 9.53 Å². The fourth-order valence-corrected chi connectivity index (χ4v) is 2.98. The van der Waals surface area contributed by atoms with E-state index in [1.165, 1.54) is 6.92 Å². The van der Waals surface area contributed by atoms with Crippen molar-refractivity contribution in [3.8, 4) is 0 Å². The minimum absolute atomic E-state index is 0.268. The molecule has 1 aliphatic rings. The van der Waals surface area contributed by atoms with Gasteiger partial charge in [0.15, 0.2) is 6.10 Å². The molecular formula is C21H23N3O4. The van der Waals surface area contributed by atoms with Crippen molar-refractivity contribution >= 4 is 29.3 Å². The van der Waals surface area contributed by atoms with E-state index in [1.807, 2.05) is 38.1 Å². The molecule has 2 aromatic carbocycles. The van der Waals surface area contributed by atoms with Crippen molar-refractivity contribution in [2.45, 2.75) is 26.9 Å². The second-order valence-corrected chi connectivity index (χ2v) is 6.69. The lowest BCUT2D eigenvalue weighted by molar-refractivity contribution is -0.136. The lowest BCUT2D eigenvalue weighted by atomic mass is 10.1. The van der Waals surface area contributed by atoms with E-state index in [1.54, 1.807) is 18.2 Å². The number of hydrogen-bond acceptors (Lipinski definition) is 5. The summed E-state index contributed by atoms with van der Waals surface area (Å²) in [6.45, 7) is 6.15. The summed E-state index contributed by atoms with van der Waals surface area (Å²) in [5.41, 5.74) is 3.99. The third-order valence-electron chi connectivity index (χ3n) is 4.78. The molecule has 146 valence electrons. The molecule has 0 bridgehead atoms. The molecule has 1 aliphatic heterocycles. The number of nitrogens with zero attached hydrogens (tertiary/aromatic N) is 1. The van der Waals surface area contributed by atoms with Crippen LogP contribution in [0.1, 0.15) is 28.4 Å². The number of carbonyl (C=O) groups is 3. The number of para-hydroxylation sites is 1. The summed E-state index contributed by atoms with van der Waals surface area (Å²) in [6.07, 6.45) is -1.06. The molecule has 3 amide bonds. The third-order valence-corrected chi connectivity index (χ3v) is 4.78. The molecule has 1 fully saturated rings. The Balaban J connectivity index is 1.76. The van der Waals surface area contributed by atoms with E-state index in [0.29, 0.717) is 17.8 Å². The van der Waals surface area contributed by atoms with Gasteiger partial charge in [0.1, 0.15) is 0 Å². The maximum absolute atomic E-state index is 12.7. The minimum atomic E-state index is -1.06. The van der Waals surface area contributed by atoms with E-state index in [4.69, 9.17) is 4.74 Å². The van der Waals surface area contributed by atoms with Gasteiger partial charge in [0.2, 0.25) is 0 Å². The summed E-state index contributed by atoms with van der Waals surface area (Å²) in [5.74, 6) is -1.17. The van der Waals surface area contributed by atoms with E-state index in [2.05, 4.69) is 10.6 Å². The van der Waals surface area contributed by atoms with Crippen LogP contribution in [0.25, 0.3) is 0 Å². The summed E-state index contributed by atoms with van der Waals surface area (Å²) < 4.78 is 5.34. The predicted octanol–water partition coefficient (Wildman–Crippen LogP) is 3.14. The lowest BCUT2D eigenvalue weighted by Gasteiger charge is -2.19. The largest absolute Gasteiger partial charge is 0.449 e. The van der Waals surface area contributed by atoms with Gasteiger partial charge in [-0.3, -0.25) is 9.69 Å². The maximum Gasteiger partial charge on any atom is 0.341 e. The molecular weight excluding hydrogens is 358 g/mol. The molecule has 1 heterocycles. The fourth-order valence-electron chi connectivity index (χ4n) is 2.98. The molecule has 0 aliphatic carbocycles. The van der Waals surface area contributed by atoms with Crippen LogP contribution in [0, 0.1) is 13.8 Å². The van der Waals surface area contributed by atoms with Crippen molar-refractivity contribution in [2.24, 2.45) is 0 Å². The highest BCUT2D eigenvalue weighted by molar-refractivity contribution is 6.01. The number of hydrogen-bond donors (Lipinski definition) is 2. The highest BCUT2D eigenvalue weighted by Crippen LogP contribution is 2.26. The molecule has 1 unspecified atom stereocenters. The zero-order valence-corrected chi connectivity index (χ0v) is 16.1. The van der Waals surface area contributed by atoms with Crippen LogP contribution in [0.3, 0.4) is 0 Å². The van der Waals surface area contributed by atoms with E-state index < -0.39 is 24.0 Å². The van der Waals surface area contributed by atoms with Gasteiger partial charge in [0, 0.05) is 18.8 Å². The Morgan fingerprint density at radius 2 is 1.82 bits per heavy atom. The molecule has 0 spiro atoms. The zero-order valence-electron chi connectivity index (χ0n) is 16.1. The first-order chi connectivity index (χ1) is 13.4. The first-order valence-corrected chi connectivity index (χ1v) is 9.11. The van der Waals surface area contributed by atoms with Gasteiger partial charge in [-0.25, -0.2) is 9.59 Å². The van der Waals surface area contributed by atoms with Crippen LogP contribution >= 0.6 is 0 Å². The average Bonchev–Trinajstić information content (AvgIpc) is 3.11. The van der Waals surface area contributed by atoms with Crippen molar-refractivity contribution in [2.75, 3.05) is 18.4 Å². The molecule has 2 N–H and O–H groups in total. The van der Waals surface area contributed by atoms with Crippen molar-refractivity contribution in [1.29, 1.82) is 0 Å². The molecule has 1 saturated heterocycles. The normalized spacial score (nSPS) is 14.4. The number of amides is 3. The number of aryl methyl sites for hydroxylation is 1. The number of benzene rings is 2. The first-order valence-electron chi connectivity index (χ1n) is 9.11.